The van der Waals surface area contributed by atoms with Crippen molar-refractivity contribution in [3.05, 3.63) is 63.2 Å². The van der Waals surface area contributed by atoms with Crippen molar-refractivity contribution in [2.45, 2.75) is 6.92 Å². The number of amides is 1. The molecule has 9 heteroatoms. The second kappa shape index (κ2) is 9.16. The van der Waals surface area contributed by atoms with E-state index < -0.39 is 0 Å². The molecular weight excluding hydrogens is 392 g/mol. The van der Waals surface area contributed by atoms with Crippen LogP contribution in [0.3, 0.4) is 0 Å². The van der Waals surface area contributed by atoms with Gasteiger partial charge < -0.3 is 19.8 Å². The molecule has 0 atom stereocenters. The fourth-order valence-electron chi connectivity index (χ4n) is 2.66. The minimum Gasteiger partial charge on any atom is -0.493 e. The van der Waals surface area contributed by atoms with Crippen molar-refractivity contribution in [2.24, 2.45) is 5.10 Å². The summed E-state index contributed by atoms with van der Waals surface area (Å²) in [5.74, 6) is 0.649. The van der Waals surface area contributed by atoms with Gasteiger partial charge >= 0.3 is 0 Å². The third kappa shape index (κ3) is 4.69. The van der Waals surface area contributed by atoms with Crippen molar-refractivity contribution in [1.29, 1.82) is 0 Å². The number of carbonyl (C=O) groups excluding carboxylic acids is 1. The SMILES string of the molecule is CCNC(=O)COc1ccc(/C=N\n2c(=S)[nH]c3ccccc3c2=O)cc1OC. The predicted molar refractivity (Wildman–Crippen MR) is 114 cm³/mol. The van der Waals surface area contributed by atoms with Crippen LogP contribution in [0.25, 0.3) is 10.9 Å². The molecule has 3 aromatic rings. The van der Waals surface area contributed by atoms with Crippen molar-refractivity contribution in [2.75, 3.05) is 20.3 Å². The number of nitrogens with one attached hydrogen (secondary N) is 2. The number of aromatic amines is 1. The van der Waals surface area contributed by atoms with Crippen molar-refractivity contribution in [3.63, 3.8) is 0 Å². The molecule has 0 aliphatic heterocycles. The number of likely N-dealkylation sites (N-methyl/N-ethyl adjacent to an activating group) is 1. The molecule has 0 saturated heterocycles. The zero-order chi connectivity index (χ0) is 20.8. The van der Waals surface area contributed by atoms with Gasteiger partial charge in [0.05, 0.1) is 24.2 Å². The van der Waals surface area contributed by atoms with E-state index in [2.05, 4.69) is 15.4 Å². The lowest BCUT2D eigenvalue weighted by Crippen LogP contribution is -2.28. The lowest BCUT2D eigenvalue weighted by molar-refractivity contribution is -0.123. The maximum absolute atomic E-state index is 12.6. The lowest BCUT2D eigenvalue weighted by Gasteiger charge is -2.11. The molecule has 0 aliphatic carbocycles. The standard InChI is InChI=1S/C20H20N4O4S/c1-3-21-18(25)12-28-16-9-8-13(10-17(16)27-2)11-22-24-19(26)14-6-4-5-7-15(14)23-20(24)29/h4-11H,3,12H2,1-2H3,(H,21,25)(H,23,29)/b22-11-. The number of fused-ring (bicyclic) bond motifs is 1. The van der Waals surface area contributed by atoms with Crippen LogP contribution >= 0.6 is 12.2 Å². The summed E-state index contributed by atoms with van der Waals surface area (Å²) in [4.78, 5) is 27.2. The minimum atomic E-state index is -0.311. The van der Waals surface area contributed by atoms with E-state index in [-0.39, 0.29) is 22.8 Å². The number of benzene rings is 2. The van der Waals surface area contributed by atoms with Crippen molar-refractivity contribution in [1.82, 2.24) is 15.0 Å². The summed E-state index contributed by atoms with van der Waals surface area (Å²) in [6, 6.07) is 12.2. The van der Waals surface area contributed by atoms with Crippen LogP contribution in [-0.2, 0) is 4.79 Å². The fourth-order valence-corrected chi connectivity index (χ4v) is 2.90. The van der Waals surface area contributed by atoms with Crippen LogP contribution in [0.15, 0.2) is 52.4 Å². The second-order valence-corrected chi connectivity index (χ2v) is 6.38. The summed E-state index contributed by atoms with van der Waals surface area (Å²) >= 11 is 5.24. The highest BCUT2D eigenvalue weighted by molar-refractivity contribution is 7.71. The number of H-pyrrole nitrogens is 1. The third-order valence-corrected chi connectivity index (χ3v) is 4.30. The average Bonchev–Trinajstić information content (AvgIpc) is 2.72. The molecule has 2 N–H and O–H groups in total. The number of carbonyl (C=O) groups is 1. The number of aromatic nitrogens is 2. The Morgan fingerprint density at radius 1 is 1.28 bits per heavy atom. The first-order chi connectivity index (χ1) is 14.0. The Kier molecular flexibility index (Phi) is 6.40. The molecular formula is C20H20N4O4S. The molecule has 1 heterocycles. The molecule has 2 aromatic carbocycles. The van der Waals surface area contributed by atoms with Gasteiger partial charge in [-0.15, -0.1) is 0 Å². The zero-order valence-electron chi connectivity index (χ0n) is 16.0. The minimum absolute atomic E-state index is 0.112. The van der Waals surface area contributed by atoms with Gasteiger partial charge in [-0.05, 0) is 55.0 Å². The number of nitrogens with zero attached hydrogens (tertiary/aromatic N) is 2. The first-order valence-electron chi connectivity index (χ1n) is 8.89. The third-order valence-electron chi connectivity index (χ3n) is 4.03. The highest BCUT2D eigenvalue weighted by atomic mass is 32.1. The number of para-hydroxylation sites is 1. The quantitative estimate of drug-likeness (QED) is 0.459. The van der Waals surface area contributed by atoms with Crippen LogP contribution in [-0.4, -0.2) is 42.0 Å². The van der Waals surface area contributed by atoms with E-state index in [0.717, 1.165) is 4.68 Å². The van der Waals surface area contributed by atoms with E-state index >= 15 is 0 Å². The number of rotatable bonds is 7. The van der Waals surface area contributed by atoms with Gasteiger partial charge in [-0.3, -0.25) is 9.59 Å². The van der Waals surface area contributed by atoms with E-state index in [0.29, 0.717) is 34.5 Å². The molecule has 150 valence electrons. The van der Waals surface area contributed by atoms with Gasteiger partial charge in [0.2, 0.25) is 4.77 Å². The Hall–Kier alpha value is -3.46. The molecule has 8 nitrogen and oxygen atoms in total. The number of ether oxygens (including phenoxy) is 2. The van der Waals surface area contributed by atoms with Crippen LogP contribution < -0.4 is 20.3 Å². The van der Waals surface area contributed by atoms with Gasteiger partial charge in [-0.2, -0.15) is 9.78 Å². The number of methoxy groups -OCH3 is 1. The molecule has 0 aliphatic rings. The summed E-state index contributed by atoms with van der Waals surface area (Å²) in [7, 11) is 1.50. The largest absolute Gasteiger partial charge is 0.493 e. The van der Waals surface area contributed by atoms with E-state index in [1.54, 1.807) is 36.4 Å². The monoisotopic (exact) mass is 412 g/mol. The molecule has 0 radical (unpaired) electrons. The molecule has 3 rings (SSSR count). The summed E-state index contributed by atoms with van der Waals surface area (Å²) in [6.45, 7) is 2.25. The number of hydrogen-bond acceptors (Lipinski definition) is 6. The van der Waals surface area contributed by atoms with E-state index in [1.807, 2.05) is 13.0 Å². The van der Waals surface area contributed by atoms with E-state index in [4.69, 9.17) is 21.7 Å². The van der Waals surface area contributed by atoms with Crippen LogP contribution in [0, 0.1) is 4.77 Å². The molecule has 0 unspecified atom stereocenters. The van der Waals surface area contributed by atoms with E-state index in [9.17, 15) is 9.59 Å². The maximum atomic E-state index is 12.6. The smallest absolute Gasteiger partial charge is 0.282 e. The molecule has 0 bridgehead atoms. The molecule has 0 fully saturated rings. The van der Waals surface area contributed by atoms with Crippen molar-refractivity contribution < 1.29 is 14.3 Å². The molecule has 29 heavy (non-hydrogen) atoms. The first-order valence-corrected chi connectivity index (χ1v) is 9.30. The Labute approximate surface area is 171 Å². The summed E-state index contributed by atoms with van der Waals surface area (Å²) in [5.41, 5.74) is 1.01. The van der Waals surface area contributed by atoms with E-state index in [1.165, 1.54) is 13.3 Å². The van der Waals surface area contributed by atoms with Crippen LogP contribution in [0.4, 0.5) is 0 Å². The second-order valence-electron chi connectivity index (χ2n) is 5.99. The van der Waals surface area contributed by atoms with Crippen LogP contribution in [0.2, 0.25) is 0 Å². The highest BCUT2D eigenvalue weighted by Gasteiger charge is 2.08. The van der Waals surface area contributed by atoms with Crippen molar-refractivity contribution >= 4 is 35.2 Å². The molecule has 0 saturated carbocycles. The Morgan fingerprint density at radius 2 is 2.07 bits per heavy atom. The molecule has 1 amide bonds. The molecule has 0 spiro atoms. The summed E-state index contributed by atoms with van der Waals surface area (Å²) in [5, 5.41) is 7.36. The Bertz CT molecular complexity index is 1180. The summed E-state index contributed by atoms with van der Waals surface area (Å²) < 4.78 is 12.1. The first kappa shape index (κ1) is 20.3. The maximum Gasteiger partial charge on any atom is 0.282 e. The van der Waals surface area contributed by atoms with Gasteiger partial charge in [0.15, 0.2) is 18.1 Å². The average molecular weight is 412 g/mol. The topological polar surface area (TPSA) is 97.7 Å². The van der Waals surface area contributed by atoms with Gasteiger partial charge in [-0.25, -0.2) is 0 Å². The molecule has 1 aromatic heterocycles. The Balaban J connectivity index is 1.86. The predicted octanol–water partition coefficient (Wildman–Crippen LogP) is 2.46. The normalized spacial score (nSPS) is 11.0. The van der Waals surface area contributed by atoms with Gasteiger partial charge in [0.25, 0.3) is 11.5 Å². The Morgan fingerprint density at radius 3 is 2.83 bits per heavy atom. The van der Waals surface area contributed by atoms with Crippen molar-refractivity contribution in [3.8, 4) is 11.5 Å². The highest BCUT2D eigenvalue weighted by Crippen LogP contribution is 2.27. The van der Waals surface area contributed by atoms with Gasteiger partial charge in [0, 0.05) is 6.54 Å². The van der Waals surface area contributed by atoms with Gasteiger partial charge in [-0.1, -0.05) is 12.1 Å². The fraction of sp³-hybridized carbons (Fsp3) is 0.200. The number of hydrogen-bond donors (Lipinski definition) is 2. The zero-order valence-corrected chi connectivity index (χ0v) is 16.8. The van der Waals surface area contributed by atoms with Gasteiger partial charge in [0.1, 0.15) is 0 Å². The lowest BCUT2D eigenvalue weighted by atomic mass is 10.2. The van der Waals surface area contributed by atoms with Crippen LogP contribution in [0.1, 0.15) is 12.5 Å². The van der Waals surface area contributed by atoms with Crippen LogP contribution in [0.5, 0.6) is 11.5 Å². The summed E-state index contributed by atoms with van der Waals surface area (Å²) in [6.07, 6.45) is 1.50.